The van der Waals surface area contributed by atoms with Crippen molar-refractivity contribution in [2.24, 2.45) is 5.14 Å². The second-order valence-corrected chi connectivity index (χ2v) is 6.31. The largest absolute Gasteiger partial charge is 0.417 e. The number of hydrogen-bond donors (Lipinski definition) is 4. The van der Waals surface area contributed by atoms with Crippen molar-refractivity contribution in [1.82, 2.24) is 15.2 Å². The average Bonchev–Trinajstić information content (AvgIpc) is 2.98. The van der Waals surface area contributed by atoms with Crippen LogP contribution in [0.25, 0.3) is 11.1 Å². The number of H-pyrrole nitrogens is 1. The molecule has 6 N–H and O–H groups in total. The van der Waals surface area contributed by atoms with Crippen LogP contribution >= 0.6 is 23.5 Å². The van der Waals surface area contributed by atoms with Crippen LogP contribution in [0, 0.1) is 0 Å². The summed E-state index contributed by atoms with van der Waals surface area (Å²) in [5.41, 5.74) is 4.77. The molecule has 0 aliphatic carbocycles. The molecule has 0 saturated heterocycles. The van der Waals surface area contributed by atoms with Gasteiger partial charge in [-0.3, -0.25) is 5.14 Å². The second kappa shape index (κ2) is 7.06. The molecule has 1 aromatic heterocycles. The summed E-state index contributed by atoms with van der Waals surface area (Å²) in [5, 5.41) is 14.2. The van der Waals surface area contributed by atoms with Crippen LogP contribution in [0.15, 0.2) is 41.3 Å². The van der Waals surface area contributed by atoms with Crippen molar-refractivity contribution in [3.8, 4) is 11.1 Å². The van der Waals surface area contributed by atoms with E-state index < -0.39 is 11.7 Å². The van der Waals surface area contributed by atoms with Gasteiger partial charge in [0.1, 0.15) is 0 Å². The van der Waals surface area contributed by atoms with Crippen molar-refractivity contribution in [3.63, 3.8) is 0 Å². The van der Waals surface area contributed by atoms with Crippen molar-refractivity contribution in [2.75, 3.05) is 11.1 Å². The van der Waals surface area contributed by atoms with Gasteiger partial charge in [-0.1, -0.05) is 23.7 Å². The fourth-order valence-corrected chi connectivity index (χ4v) is 3.06. The number of rotatable bonds is 4. The highest BCUT2D eigenvalue weighted by Crippen LogP contribution is 2.43. The van der Waals surface area contributed by atoms with Gasteiger partial charge in [0.25, 0.3) is 0 Å². The van der Waals surface area contributed by atoms with Crippen LogP contribution in [0.3, 0.4) is 0 Å². The molecular weight excluding hydrogens is 389 g/mol. The molecule has 6 nitrogen and oxygen atoms in total. The van der Waals surface area contributed by atoms with Gasteiger partial charge >= 0.3 is 6.18 Å². The predicted molar refractivity (Wildman–Crippen MR) is 96.0 cm³/mol. The van der Waals surface area contributed by atoms with Crippen molar-refractivity contribution < 1.29 is 13.2 Å². The van der Waals surface area contributed by atoms with E-state index in [4.69, 9.17) is 22.5 Å². The Bertz CT molecular complexity index is 943. The maximum Gasteiger partial charge on any atom is 0.417 e. The number of aromatic nitrogens is 3. The molecule has 0 atom stereocenters. The minimum Gasteiger partial charge on any atom is -0.368 e. The molecule has 0 unspecified atom stereocenters. The van der Waals surface area contributed by atoms with E-state index in [1.165, 1.54) is 6.07 Å². The summed E-state index contributed by atoms with van der Waals surface area (Å²) >= 11 is 7.13. The molecule has 0 aliphatic heterocycles. The van der Waals surface area contributed by atoms with E-state index >= 15 is 0 Å². The molecule has 136 valence electrons. The summed E-state index contributed by atoms with van der Waals surface area (Å²) in [4.78, 5) is 4.41. The molecular formula is C15H12ClF3N6S. The number of alkyl halides is 3. The number of aromatic amines is 1. The first-order valence-electron chi connectivity index (χ1n) is 7.10. The molecule has 0 bridgehead atoms. The van der Waals surface area contributed by atoms with Gasteiger partial charge in [0, 0.05) is 16.1 Å². The van der Waals surface area contributed by atoms with Crippen molar-refractivity contribution in [3.05, 3.63) is 47.0 Å². The molecule has 3 aromatic rings. The fourth-order valence-electron chi connectivity index (χ4n) is 2.38. The van der Waals surface area contributed by atoms with Crippen molar-refractivity contribution in [2.45, 2.75) is 11.1 Å². The molecule has 0 amide bonds. The van der Waals surface area contributed by atoms with Gasteiger partial charge in [0.15, 0.2) is 0 Å². The lowest BCUT2D eigenvalue weighted by molar-refractivity contribution is -0.137. The predicted octanol–water partition coefficient (Wildman–Crippen LogP) is 4.44. The molecule has 0 aliphatic rings. The number of anilines is 3. The molecule has 26 heavy (non-hydrogen) atoms. The summed E-state index contributed by atoms with van der Waals surface area (Å²) in [5.74, 6) is 0.0586. The lowest BCUT2D eigenvalue weighted by Crippen LogP contribution is -2.09. The molecule has 0 radical (unpaired) electrons. The molecule has 0 fully saturated rings. The summed E-state index contributed by atoms with van der Waals surface area (Å²) < 4.78 is 40.9. The standard InChI is InChI=1S/C15H12ClF3N6S/c16-11-6-8(22-14-23-13(20)24-25-14)5-10(15(17,18)19)12(11)7-2-1-3-9(4-7)26-21/h1-6H,21H2,(H4,20,22,23,24,25). The van der Waals surface area contributed by atoms with Crippen LogP contribution in [0.2, 0.25) is 5.02 Å². The van der Waals surface area contributed by atoms with Crippen LogP contribution in [-0.2, 0) is 6.18 Å². The van der Waals surface area contributed by atoms with Crippen LogP contribution in [0.4, 0.5) is 30.8 Å². The first kappa shape index (κ1) is 18.4. The van der Waals surface area contributed by atoms with Gasteiger partial charge in [-0.25, -0.2) is 5.10 Å². The number of halogens is 4. The van der Waals surface area contributed by atoms with E-state index in [-0.39, 0.29) is 28.2 Å². The van der Waals surface area contributed by atoms with Crippen LogP contribution in [0.1, 0.15) is 5.56 Å². The maximum absolute atomic E-state index is 13.6. The van der Waals surface area contributed by atoms with Gasteiger partial charge in [-0.05, 0) is 41.8 Å². The number of nitrogens with two attached hydrogens (primary N) is 2. The first-order valence-corrected chi connectivity index (χ1v) is 8.36. The smallest absolute Gasteiger partial charge is 0.368 e. The Balaban J connectivity index is 2.12. The molecule has 2 aromatic carbocycles. The third-order valence-corrected chi connectivity index (χ3v) is 4.24. The third-order valence-electron chi connectivity index (χ3n) is 3.41. The number of benzene rings is 2. The minimum absolute atomic E-state index is 0.0287. The fraction of sp³-hybridized carbons (Fsp3) is 0.0667. The van der Waals surface area contributed by atoms with E-state index in [0.717, 1.165) is 18.0 Å². The van der Waals surface area contributed by atoms with Gasteiger partial charge in [-0.15, -0.1) is 5.10 Å². The average molecular weight is 401 g/mol. The SMILES string of the molecule is NSc1cccc(-c2c(Cl)cc(Nc3n[nH]c(N)n3)cc2C(F)(F)F)c1. The first-order chi connectivity index (χ1) is 12.3. The maximum atomic E-state index is 13.6. The summed E-state index contributed by atoms with van der Waals surface area (Å²) in [7, 11) is 0. The number of hydrogen-bond acceptors (Lipinski definition) is 6. The molecule has 11 heteroatoms. The van der Waals surface area contributed by atoms with Crippen molar-refractivity contribution in [1.29, 1.82) is 0 Å². The molecule has 0 spiro atoms. The van der Waals surface area contributed by atoms with Gasteiger partial charge in [-0.2, -0.15) is 18.2 Å². The Morgan fingerprint density at radius 3 is 2.58 bits per heavy atom. The van der Waals surface area contributed by atoms with E-state index in [0.29, 0.717) is 10.5 Å². The lowest BCUT2D eigenvalue weighted by Gasteiger charge is -2.17. The van der Waals surface area contributed by atoms with Gasteiger partial charge in [0.05, 0.1) is 10.6 Å². The Labute approximate surface area is 155 Å². The zero-order valence-corrected chi connectivity index (χ0v) is 14.5. The second-order valence-electron chi connectivity index (χ2n) is 5.19. The zero-order valence-electron chi connectivity index (χ0n) is 12.9. The van der Waals surface area contributed by atoms with E-state index in [1.807, 2.05) is 0 Å². The van der Waals surface area contributed by atoms with E-state index in [9.17, 15) is 13.2 Å². The Morgan fingerprint density at radius 1 is 1.19 bits per heavy atom. The normalized spacial score (nSPS) is 11.6. The Hall–Kier alpha value is -2.43. The van der Waals surface area contributed by atoms with Crippen LogP contribution in [-0.4, -0.2) is 15.2 Å². The number of nitrogens with one attached hydrogen (secondary N) is 2. The van der Waals surface area contributed by atoms with Crippen LogP contribution < -0.4 is 16.2 Å². The summed E-state index contributed by atoms with van der Waals surface area (Å²) in [6.45, 7) is 0. The van der Waals surface area contributed by atoms with Crippen LogP contribution in [0.5, 0.6) is 0 Å². The molecule has 1 heterocycles. The third kappa shape index (κ3) is 3.87. The Morgan fingerprint density at radius 2 is 1.96 bits per heavy atom. The van der Waals surface area contributed by atoms with E-state index in [1.54, 1.807) is 24.3 Å². The van der Waals surface area contributed by atoms with Gasteiger partial charge < -0.3 is 11.1 Å². The highest BCUT2D eigenvalue weighted by Gasteiger charge is 2.35. The number of nitrogen functional groups attached to an aromatic ring is 1. The highest BCUT2D eigenvalue weighted by atomic mass is 35.5. The molecule has 3 rings (SSSR count). The topological polar surface area (TPSA) is 106 Å². The van der Waals surface area contributed by atoms with Crippen molar-refractivity contribution >= 4 is 41.1 Å². The number of nitrogens with zero attached hydrogens (tertiary/aromatic N) is 2. The monoisotopic (exact) mass is 400 g/mol. The highest BCUT2D eigenvalue weighted by molar-refractivity contribution is 7.97. The van der Waals surface area contributed by atoms with E-state index in [2.05, 4.69) is 20.5 Å². The zero-order chi connectivity index (χ0) is 18.9. The minimum atomic E-state index is -4.62. The van der Waals surface area contributed by atoms with Gasteiger partial charge in [0.2, 0.25) is 11.9 Å². The molecule has 0 saturated carbocycles. The quantitative estimate of drug-likeness (QED) is 0.482. The summed E-state index contributed by atoms with van der Waals surface area (Å²) in [6, 6.07) is 8.70. The Kier molecular flexibility index (Phi) is 4.99. The summed E-state index contributed by atoms with van der Waals surface area (Å²) in [6.07, 6.45) is -4.62. The lowest BCUT2D eigenvalue weighted by atomic mass is 9.98.